The van der Waals surface area contributed by atoms with Gasteiger partial charge in [0.2, 0.25) is 5.91 Å². The molecule has 1 atom stereocenters. The van der Waals surface area contributed by atoms with Crippen LogP contribution in [0.2, 0.25) is 0 Å². The summed E-state index contributed by atoms with van der Waals surface area (Å²) < 4.78 is 34.9. The molecule has 0 spiro atoms. The van der Waals surface area contributed by atoms with E-state index in [4.69, 9.17) is 4.74 Å². The summed E-state index contributed by atoms with van der Waals surface area (Å²) in [6.07, 6.45) is 7.36. The fraction of sp³-hybridized carbons (Fsp3) is 0.389. The minimum absolute atomic E-state index is 0.00757. The Morgan fingerprint density at radius 1 is 1.50 bits per heavy atom. The van der Waals surface area contributed by atoms with Crippen molar-refractivity contribution in [3.8, 4) is 11.5 Å². The summed E-state index contributed by atoms with van der Waals surface area (Å²) in [5.41, 5.74) is 0.494. The van der Waals surface area contributed by atoms with E-state index in [1.807, 2.05) is 0 Å². The Morgan fingerprint density at radius 2 is 2.29 bits per heavy atom. The second kappa shape index (κ2) is 8.47. The summed E-state index contributed by atoms with van der Waals surface area (Å²) in [7, 11) is 1.45. The fourth-order valence-electron chi connectivity index (χ4n) is 2.70. The van der Waals surface area contributed by atoms with Crippen LogP contribution in [0.1, 0.15) is 18.4 Å². The molecule has 0 heterocycles. The minimum Gasteiger partial charge on any atom is -0.497 e. The van der Waals surface area contributed by atoms with E-state index < -0.39 is 6.61 Å². The Morgan fingerprint density at radius 3 is 2.88 bits per heavy atom. The molecule has 0 aliphatic heterocycles. The number of carbonyl (C=O) groups is 1. The second-order valence-electron chi connectivity index (χ2n) is 5.54. The lowest BCUT2D eigenvalue weighted by atomic mass is 10.1. The second-order valence-corrected chi connectivity index (χ2v) is 5.54. The fourth-order valence-corrected chi connectivity index (χ4v) is 2.70. The molecule has 1 aliphatic rings. The Kier molecular flexibility index (Phi) is 6.35. The molecule has 1 amide bonds. The first-order valence-corrected chi connectivity index (χ1v) is 7.73. The molecule has 0 N–H and O–H groups in total. The van der Waals surface area contributed by atoms with Crippen LogP contribution in [0.3, 0.4) is 0 Å². The van der Waals surface area contributed by atoms with Gasteiger partial charge in [-0.05, 0) is 37.0 Å². The number of alkyl halides is 2. The maximum Gasteiger partial charge on any atom is 0.387 e. The maximum absolute atomic E-state index is 12.7. The largest absolute Gasteiger partial charge is 0.497 e. The van der Waals surface area contributed by atoms with Crippen LogP contribution in [0.4, 0.5) is 8.78 Å². The van der Waals surface area contributed by atoms with Crippen LogP contribution in [0.15, 0.2) is 43.0 Å². The van der Waals surface area contributed by atoms with Crippen molar-refractivity contribution in [1.82, 2.24) is 4.90 Å². The monoisotopic (exact) mass is 337 g/mol. The standard InChI is InChI=1S/C18H21F2NO3/c1-3-17(22)21(11-13-6-4-5-7-13)12-14-8-9-15(23-2)10-16(14)24-18(19)20/h3-4,6,8-10,13,18H,1,5,7,11-12H2,2H3. The smallest absolute Gasteiger partial charge is 0.387 e. The number of nitrogens with zero attached hydrogens (tertiary/aromatic N) is 1. The summed E-state index contributed by atoms with van der Waals surface area (Å²) in [6.45, 7) is 1.25. The topological polar surface area (TPSA) is 38.8 Å². The molecular weight excluding hydrogens is 316 g/mol. The van der Waals surface area contributed by atoms with Gasteiger partial charge in [0.25, 0.3) is 0 Å². The number of carbonyl (C=O) groups excluding carboxylic acids is 1. The molecule has 0 saturated carbocycles. The summed E-state index contributed by atoms with van der Waals surface area (Å²) in [5.74, 6) is 0.448. The van der Waals surface area contributed by atoms with Crippen molar-refractivity contribution in [2.45, 2.75) is 26.0 Å². The van der Waals surface area contributed by atoms with Gasteiger partial charge in [-0.2, -0.15) is 8.78 Å². The molecule has 2 rings (SSSR count). The van der Waals surface area contributed by atoms with Gasteiger partial charge < -0.3 is 14.4 Å². The Labute approximate surface area is 140 Å². The molecule has 130 valence electrons. The summed E-state index contributed by atoms with van der Waals surface area (Å²) in [4.78, 5) is 13.7. The molecule has 1 aromatic carbocycles. The first kappa shape index (κ1) is 18.0. The lowest BCUT2D eigenvalue weighted by Crippen LogP contribution is -2.33. The van der Waals surface area contributed by atoms with Gasteiger partial charge in [-0.1, -0.05) is 18.7 Å². The zero-order valence-corrected chi connectivity index (χ0v) is 13.6. The van der Waals surface area contributed by atoms with Gasteiger partial charge in [0.15, 0.2) is 0 Å². The highest BCUT2D eigenvalue weighted by molar-refractivity contribution is 5.87. The van der Waals surface area contributed by atoms with Crippen LogP contribution < -0.4 is 9.47 Å². The van der Waals surface area contributed by atoms with E-state index in [9.17, 15) is 13.6 Å². The van der Waals surface area contributed by atoms with E-state index >= 15 is 0 Å². The molecule has 0 radical (unpaired) electrons. The van der Waals surface area contributed by atoms with Crippen LogP contribution in [-0.2, 0) is 11.3 Å². The summed E-state index contributed by atoms with van der Waals surface area (Å²) >= 11 is 0. The quantitative estimate of drug-likeness (QED) is 0.535. The van der Waals surface area contributed by atoms with E-state index in [2.05, 4.69) is 23.5 Å². The highest BCUT2D eigenvalue weighted by atomic mass is 19.3. The Hall–Kier alpha value is -2.37. The van der Waals surface area contributed by atoms with Crippen molar-refractivity contribution >= 4 is 5.91 Å². The molecular formula is C18H21F2NO3. The zero-order valence-electron chi connectivity index (χ0n) is 13.6. The predicted octanol–water partition coefficient (Wildman–Crippen LogP) is 3.78. The molecule has 0 fully saturated rings. The lowest BCUT2D eigenvalue weighted by Gasteiger charge is -2.25. The number of hydrogen-bond acceptors (Lipinski definition) is 3. The Bertz CT molecular complexity index is 616. The molecule has 24 heavy (non-hydrogen) atoms. The van der Waals surface area contributed by atoms with E-state index in [0.29, 0.717) is 17.9 Å². The van der Waals surface area contributed by atoms with Crippen LogP contribution in [0.25, 0.3) is 0 Å². The van der Waals surface area contributed by atoms with Crippen molar-refractivity contribution in [1.29, 1.82) is 0 Å². The van der Waals surface area contributed by atoms with Gasteiger partial charge in [-0.3, -0.25) is 4.79 Å². The highest BCUT2D eigenvalue weighted by Gasteiger charge is 2.20. The average molecular weight is 337 g/mol. The minimum atomic E-state index is -2.95. The van der Waals surface area contributed by atoms with Crippen LogP contribution in [-0.4, -0.2) is 31.1 Å². The zero-order chi connectivity index (χ0) is 17.5. The van der Waals surface area contributed by atoms with E-state index in [0.717, 1.165) is 12.8 Å². The van der Waals surface area contributed by atoms with Crippen molar-refractivity contribution in [3.05, 3.63) is 48.6 Å². The average Bonchev–Trinajstić information content (AvgIpc) is 3.07. The molecule has 0 aromatic heterocycles. The first-order chi connectivity index (χ1) is 11.5. The number of allylic oxidation sites excluding steroid dienone is 1. The van der Waals surface area contributed by atoms with Gasteiger partial charge in [0, 0.05) is 24.7 Å². The SMILES string of the molecule is C=CC(=O)N(Cc1ccc(OC)cc1OC(F)F)CC1C=CCC1. The van der Waals surface area contributed by atoms with Crippen molar-refractivity contribution in [2.75, 3.05) is 13.7 Å². The normalized spacial score (nSPS) is 16.2. The van der Waals surface area contributed by atoms with Crippen molar-refractivity contribution in [2.24, 2.45) is 5.92 Å². The first-order valence-electron chi connectivity index (χ1n) is 7.73. The summed E-state index contributed by atoms with van der Waals surface area (Å²) in [6, 6.07) is 4.68. The van der Waals surface area contributed by atoms with Gasteiger partial charge in [0.05, 0.1) is 7.11 Å². The number of ether oxygens (including phenoxy) is 2. The summed E-state index contributed by atoms with van der Waals surface area (Å²) in [5, 5.41) is 0. The molecule has 0 saturated heterocycles. The number of amides is 1. The van der Waals surface area contributed by atoms with Crippen molar-refractivity contribution in [3.63, 3.8) is 0 Å². The molecule has 1 unspecified atom stereocenters. The van der Waals surface area contributed by atoms with Gasteiger partial charge in [0.1, 0.15) is 11.5 Å². The highest BCUT2D eigenvalue weighted by Crippen LogP contribution is 2.28. The van der Waals surface area contributed by atoms with Crippen LogP contribution in [0.5, 0.6) is 11.5 Å². The molecule has 1 aromatic rings. The maximum atomic E-state index is 12.7. The van der Waals surface area contributed by atoms with E-state index in [1.165, 1.54) is 19.3 Å². The van der Waals surface area contributed by atoms with E-state index in [1.54, 1.807) is 17.0 Å². The predicted molar refractivity (Wildman–Crippen MR) is 87.1 cm³/mol. The lowest BCUT2D eigenvalue weighted by molar-refractivity contribution is -0.127. The molecule has 4 nitrogen and oxygen atoms in total. The molecule has 0 bridgehead atoms. The van der Waals surface area contributed by atoms with Crippen LogP contribution >= 0.6 is 0 Å². The van der Waals surface area contributed by atoms with Crippen molar-refractivity contribution < 1.29 is 23.0 Å². The third kappa shape index (κ3) is 4.81. The molecule has 6 heteroatoms. The van der Waals surface area contributed by atoms with Crippen LogP contribution in [0, 0.1) is 5.92 Å². The number of rotatable bonds is 8. The molecule has 1 aliphatic carbocycles. The van der Waals surface area contributed by atoms with Gasteiger partial charge in [-0.25, -0.2) is 0 Å². The number of methoxy groups -OCH3 is 1. The van der Waals surface area contributed by atoms with Gasteiger partial charge >= 0.3 is 6.61 Å². The van der Waals surface area contributed by atoms with E-state index in [-0.39, 0.29) is 24.1 Å². The van der Waals surface area contributed by atoms with Gasteiger partial charge in [-0.15, -0.1) is 0 Å². The number of hydrogen-bond donors (Lipinski definition) is 0. The Balaban J connectivity index is 2.21. The third-order valence-corrected chi connectivity index (χ3v) is 3.91. The number of halogens is 2. The number of benzene rings is 1. The third-order valence-electron chi connectivity index (χ3n) is 3.91.